The number of sulfone groups is 1. The standard InChI is InChI=1S/C13H16ClN2O7PS/c1-3-22-24(19,23-4-2)13-12(18)15-9-5-8(14)11(6-10(9)16-13)25(20,21)7-17/h5-6,17H,3-4,7H2,1-2H3,(H,15,18). The van der Waals surface area contributed by atoms with Gasteiger partial charge in [-0.3, -0.25) is 9.36 Å². The summed E-state index contributed by atoms with van der Waals surface area (Å²) in [6, 6.07) is 2.26. The van der Waals surface area contributed by atoms with Crippen molar-refractivity contribution in [2.24, 2.45) is 0 Å². The monoisotopic (exact) mass is 410 g/mol. The Morgan fingerprint density at radius 3 is 2.40 bits per heavy atom. The van der Waals surface area contributed by atoms with Gasteiger partial charge in [-0.2, -0.15) is 0 Å². The highest BCUT2D eigenvalue weighted by Crippen LogP contribution is 2.45. The van der Waals surface area contributed by atoms with E-state index in [2.05, 4.69) is 9.97 Å². The highest BCUT2D eigenvalue weighted by molar-refractivity contribution is 7.91. The zero-order chi connectivity index (χ0) is 18.8. The van der Waals surface area contributed by atoms with E-state index in [-0.39, 0.29) is 34.2 Å². The van der Waals surface area contributed by atoms with E-state index in [1.807, 2.05) is 0 Å². The van der Waals surface area contributed by atoms with Crippen LogP contribution < -0.4 is 11.0 Å². The maximum Gasteiger partial charge on any atom is 0.385 e. The van der Waals surface area contributed by atoms with Crippen molar-refractivity contribution in [1.82, 2.24) is 9.97 Å². The summed E-state index contributed by atoms with van der Waals surface area (Å²) in [6.07, 6.45) is 0. The van der Waals surface area contributed by atoms with Gasteiger partial charge in [0.25, 0.3) is 5.56 Å². The molecule has 2 aromatic rings. The fourth-order valence-corrected chi connectivity index (χ4v) is 4.91. The number of hydrogen-bond donors (Lipinski definition) is 2. The van der Waals surface area contributed by atoms with Crippen LogP contribution in [0.15, 0.2) is 21.8 Å². The first kappa shape index (κ1) is 20.0. The molecule has 0 saturated carbocycles. The van der Waals surface area contributed by atoms with Crippen molar-refractivity contribution in [3.63, 3.8) is 0 Å². The number of aliphatic hydroxyl groups excluding tert-OH is 1. The molecule has 0 bridgehead atoms. The van der Waals surface area contributed by atoms with Crippen molar-refractivity contribution in [3.05, 3.63) is 27.5 Å². The van der Waals surface area contributed by atoms with Gasteiger partial charge in [-0.25, -0.2) is 13.4 Å². The number of hydrogen-bond acceptors (Lipinski definition) is 8. The Labute approximate surface area is 148 Å². The van der Waals surface area contributed by atoms with Gasteiger partial charge in [-0.15, -0.1) is 0 Å². The molecule has 9 nitrogen and oxygen atoms in total. The maximum absolute atomic E-state index is 12.8. The molecule has 1 heterocycles. The molecule has 12 heteroatoms. The third kappa shape index (κ3) is 3.94. The van der Waals surface area contributed by atoms with Crippen molar-refractivity contribution in [2.75, 3.05) is 19.2 Å². The summed E-state index contributed by atoms with van der Waals surface area (Å²) >= 11 is 5.90. The topological polar surface area (TPSA) is 136 Å². The highest BCUT2D eigenvalue weighted by atomic mass is 35.5. The SMILES string of the molecule is CCOP(=O)(OCC)c1nc2cc(S(=O)(=O)CO)c(Cl)cc2[nH]c1=O. The molecule has 1 aromatic heterocycles. The zero-order valence-corrected chi connectivity index (χ0v) is 15.8. The fourth-order valence-electron chi connectivity index (χ4n) is 2.07. The average Bonchev–Trinajstić information content (AvgIpc) is 2.54. The van der Waals surface area contributed by atoms with Gasteiger partial charge in [0, 0.05) is 0 Å². The molecule has 0 aliphatic carbocycles. The minimum atomic E-state index is -4.04. The highest BCUT2D eigenvalue weighted by Gasteiger charge is 2.33. The number of halogens is 1. The van der Waals surface area contributed by atoms with Gasteiger partial charge in [0.05, 0.1) is 34.2 Å². The number of aromatic amines is 1. The van der Waals surface area contributed by atoms with Crippen molar-refractivity contribution < 1.29 is 27.1 Å². The summed E-state index contributed by atoms with van der Waals surface area (Å²) in [6.45, 7) is 3.18. The Balaban J connectivity index is 2.77. The molecule has 138 valence electrons. The molecule has 0 unspecified atom stereocenters. The summed E-state index contributed by atoms with van der Waals surface area (Å²) in [4.78, 5) is 18.3. The lowest BCUT2D eigenvalue weighted by atomic mass is 10.3. The van der Waals surface area contributed by atoms with Gasteiger partial charge < -0.3 is 19.1 Å². The van der Waals surface area contributed by atoms with Crippen molar-refractivity contribution in [1.29, 1.82) is 0 Å². The molecule has 0 spiro atoms. The molecule has 0 fully saturated rings. The van der Waals surface area contributed by atoms with Gasteiger partial charge in [0.2, 0.25) is 15.3 Å². The summed E-state index contributed by atoms with van der Waals surface area (Å²) in [5.41, 5.74) is -1.15. The minimum absolute atomic E-state index is 0.00524. The number of benzene rings is 1. The first-order chi connectivity index (χ1) is 11.7. The second kappa shape index (κ2) is 7.53. The van der Waals surface area contributed by atoms with E-state index in [0.29, 0.717) is 0 Å². The van der Waals surface area contributed by atoms with Crippen LogP contribution in [-0.2, 0) is 23.4 Å². The largest absolute Gasteiger partial charge is 0.385 e. The number of H-pyrrole nitrogens is 1. The number of nitrogens with zero attached hydrogens (tertiary/aromatic N) is 1. The minimum Gasteiger partial charge on any atom is -0.380 e. The Hall–Kier alpha value is -1.29. The molecular formula is C13H16ClN2O7PS. The van der Waals surface area contributed by atoms with E-state index in [1.165, 1.54) is 6.07 Å². The number of aliphatic hydroxyl groups is 1. The Bertz CT molecular complexity index is 995. The van der Waals surface area contributed by atoms with Crippen LogP contribution in [0.5, 0.6) is 0 Å². The predicted molar refractivity (Wildman–Crippen MR) is 92.1 cm³/mol. The van der Waals surface area contributed by atoms with E-state index in [0.717, 1.165) is 6.07 Å². The Morgan fingerprint density at radius 2 is 1.88 bits per heavy atom. The van der Waals surface area contributed by atoms with Crippen LogP contribution in [0.1, 0.15) is 13.8 Å². The third-order valence-electron chi connectivity index (χ3n) is 3.09. The molecule has 25 heavy (non-hydrogen) atoms. The summed E-state index contributed by atoms with van der Waals surface area (Å²) in [5.74, 6) is -1.15. The second-order valence-corrected chi connectivity index (χ2v) is 9.04. The summed E-state index contributed by atoms with van der Waals surface area (Å²) < 4.78 is 46.7. The van der Waals surface area contributed by atoms with Crippen molar-refractivity contribution >= 4 is 45.5 Å². The van der Waals surface area contributed by atoms with E-state index in [1.54, 1.807) is 13.8 Å². The predicted octanol–water partition coefficient (Wildman–Crippen LogP) is 1.19. The van der Waals surface area contributed by atoms with Crippen molar-refractivity contribution in [2.45, 2.75) is 18.7 Å². The van der Waals surface area contributed by atoms with Crippen LogP contribution in [0.25, 0.3) is 11.0 Å². The van der Waals surface area contributed by atoms with Gasteiger partial charge in [0.1, 0.15) is 5.94 Å². The number of aromatic nitrogens is 2. The lowest BCUT2D eigenvalue weighted by Gasteiger charge is -2.16. The normalized spacial score (nSPS) is 12.6. The van der Waals surface area contributed by atoms with Gasteiger partial charge in [-0.05, 0) is 26.0 Å². The zero-order valence-electron chi connectivity index (χ0n) is 13.4. The number of rotatable bonds is 7. The summed E-state index contributed by atoms with van der Waals surface area (Å²) in [7, 11) is -8.01. The maximum atomic E-state index is 12.8. The molecule has 0 aliphatic heterocycles. The smallest absolute Gasteiger partial charge is 0.380 e. The van der Waals surface area contributed by atoms with E-state index < -0.39 is 34.4 Å². The van der Waals surface area contributed by atoms with Gasteiger partial charge in [-0.1, -0.05) is 11.6 Å². The van der Waals surface area contributed by atoms with Gasteiger partial charge in [0.15, 0.2) is 0 Å². The van der Waals surface area contributed by atoms with Crippen LogP contribution in [-0.4, -0.2) is 42.6 Å². The molecule has 2 rings (SSSR count). The average molecular weight is 411 g/mol. The van der Waals surface area contributed by atoms with Crippen LogP contribution in [0, 0.1) is 0 Å². The Kier molecular flexibility index (Phi) is 6.03. The van der Waals surface area contributed by atoms with Crippen LogP contribution in [0.2, 0.25) is 5.02 Å². The molecule has 0 amide bonds. The molecule has 0 saturated heterocycles. The second-order valence-electron chi connectivity index (χ2n) is 4.77. The molecular weight excluding hydrogens is 395 g/mol. The van der Waals surface area contributed by atoms with Crippen LogP contribution >= 0.6 is 19.2 Å². The van der Waals surface area contributed by atoms with E-state index in [4.69, 9.17) is 25.8 Å². The van der Waals surface area contributed by atoms with Gasteiger partial charge >= 0.3 is 7.60 Å². The molecule has 0 atom stereocenters. The van der Waals surface area contributed by atoms with Crippen LogP contribution in [0.4, 0.5) is 0 Å². The van der Waals surface area contributed by atoms with E-state index in [9.17, 15) is 17.8 Å². The molecule has 0 aliphatic rings. The number of fused-ring (bicyclic) bond motifs is 1. The molecule has 2 N–H and O–H groups in total. The first-order valence-corrected chi connectivity index (χ1v) is 10.7. The number of nitrogens with one attached hydrogen (secondary N) is 1. The van der Waals surface area contributed by atoms with E-state index >= 15 is 0 Å². The quantitative estimate of drug-likeness (QED) is 0.650. The lowest BCUT2D eigenvalue weighted by Crippen LogP contribution is -2.32. The van der Waals surface area contributed by atoms with Crippen molar-refractivity contribution in [3.8, 4) is 0 Å². The summed E-state index contributed by atoms with van der Waals surface area (Å²) in [5, 5.41) is 8.81. The first-order valence-electron chi connectivity index (χ1n) is 7.15. The third-order valence-corrected chi connectivity index (χ3v) is 6.88. The molecule has 0 radical (unpaired) electrons. The molecule has 1 aromatic carbocycles. The van der Waals surface area contributed by atoms with Crippen LogP contribution in [0.3, 0.4) is 0 Å². The lowest BCUT2D eigenvalue weighted by molar-refractivity contribution is 0.229. The Morgan fingerprint density at radius 1 is 1.28 bits per heavy atom. The fraction of sp³-hybridized carbons (Fsp3) is 0.385.